The molecule has 176 valence electrons. The Kier molecular flexibility index (Phi) is 6.24. The molecule has 9 heteroatoms. The number of carboxylic acid groups (broad SMARTS) is 1. The molecule has 5 rings (SSSR count). The van der Waals surface area contributed by atoms with Crippen molar-refractivity contribution in [3.05, 3.63) is 64.7 Å². The highest BCUT2D eigenvalue weighted by molar-refractivity contribution is 6.31. The highest BCUT2D eigenvalue weighted by Crippen LogP contribution is 2.28. The molecule has 0 bridgehead atoms. The predicted molar refractivity (Wildman–Crippen MR) is 130 cm³/mol. The van der Waals surface area contributed by atoms with E-state index in [9.17, 15) is 4.79 Å². The summed E-state index contributed by atoms with van der Waals surface area (Å²) in [4.78, 5) is 27.2. The van der Waals surface area contributed by atoms with E-state index in [-0.39, 0.29) is 12.2 Å². The Balaban J connectivity index is 1.23. The van der Waals surface area contributed by atoms with Crippen LogP contribution in [0.2, 0.25) is 5.02 Å². The molecule has 1 aliphatic heterocycles. The average molecular weight is 482 g/mol. The maximum atomic E-state index is 15.0. The largest absolute Gasteiger partial charge is 0.481 e. The number of aromatic amines is 1. The summed E-state index contributed by atoms with van der Waals surface area (Å²) in [6, 6.07) is 6.86. The maximum Gasteiger partial charge on any atom is 0.303 e. The molecule has 0 unspecified atom stereocenters. The third kappa shape index (κ3) is 4.77. The summed E-state index contributed by atoms with van der Waals surface area (Å²) in [6.45, 7) is 2.94. The van der Waals surface area contributed by atoms with Crippen LogP contribution in [0.3, 0.4) is 0 Å². The molecule has 1 aliphatic carbocycles. The highest BCUT2D eigenvalue weighted by Gasteiger charge is 2.23. The van der Waals surface area contributed by atoms with E-state index in [4.69, 9.17) is 16.7 Å². The van der Waals surface area contributed by atoms with Gasteiger partial charge in [-0.1, -0.05) is 23.3 Å². The van der Waals surface area contributed by atoms with Gasteiger partial charge in [-0.2, -0.15) is 0 Å². The molecule has 0 radical (unpaired) electrons. The molecule has 2 N–H and O–H groups in total. The monoisotopic (exact) mass is 481 g/mol. The lowest BCUT2D eigenvalue weighted by Gasteiger charge is -2.38. The second kappa shape index (κ2) is 9.46. The van der Waals surface area contributed by atoms with Gasteiger partial charge in [0.15, 0.2) is 11.6 Å². The number of carbonyl (C=O) groups is 1. The number of aromatic nitrogens is 3. The smallest absolute Gasteiger partial charge is 0.303 e. The van der Waals surface area contributed by atoms with Crippen LogP contribution < -0.4 is 4.90 Å². The Morgan fingerprint density at radius 3 is 2.62 bits per heavy atom. The first-order valence-electron chi connectivity index (χ1n) is 11.4. The zero-order valence-corrected chi connectivity index (χ0v) is 19.4. The Morgan fingerprint density at radius 2 is 1.91 bits per heavy atom. The van der Waals surface area contributed by atoms with E-state index in [2.05, 4.69) is 32.0 Å². The summed E-state index contributed by atoms with van der Waals surface area (Å²) in [5.74, 6) is -0.216. The molecule has 0 atom stereocenters. The average Bonchev–Trinajstić information content (AvgIpc) is 3.26. The normalized spacial score (nSPS) is 16.5. The van der Waals surface area contributed by atoms with E-state index >= 15 is 4.39 Å². The first-order valence-corrected chi connectivity index (χ1v) is 11.8. The van der Waals surface area contributed by atoms with Crippen LogP contribution in [-0.4, -0.2) is 57.1 Å². The van der Waals surface area contributed by atoms with Crippen molar-refractivity contribution in [2.75, 3.05) is 31.1 Å². The van der Waals surface area contributed by atoms with Gasteiger partial charge in [0.2, 0.25) is 0 Å². The van der Waals surface area contributed by atoms with E-state index < -0.39 is 5.97 Å². The zero-order chi connectivity index (χ0) is 23.7. The van der Waals surface area contributed by atoms with Gasteiger partial charge in [0, 0.05) is 55.1 Å². The van der Waals surface area contributed by atoms with Gasteiger partial charge in [-0.05, 0) is 49.6 Å². The van der Waals surface area contributed by atoms with Crippen molar-refractivity contribution < 1.29 is 14.3 Å². The van der Waals surface area contributed by atoms with Gasteiger partial charge in [-0.15, -0.1) is 0 Å². The third-order valence-electron chi connectivity index (χ3n) is 6.40. The number of pyridine rings is 1. The number of nitrogens with one attached hydrogen (secondary N) is 1. The summed E-state index contributed by atoms with van der Waals surface area (Å²) in [7, 11) is 0. The number of imidazole rings is 1. The summed E-state index contributed by atoms with van der Waals surface area (Å²) >= 11 is 6.04. The van der Waals surface area contributed by atoms with Gasteiger partial charge < -0.3 is 19.9 Å². The molecule has 3 heterocycles. The lowest BCUT2D eigenvalue weighted by molar-refractivity contribution is -0.136. The van der Waals surface area contributed by atoms with Crippen LogP contribution in [0.5, 0.6) is 0 Å². The SMILES string of the molecule is O=C(O)CCC1=CC=C(N2CCN(c3ncc(-c4nc5ccc(Cl)cc5[nH]4)cc3F)CC2)CC1. The highest BCUT2D eigenvalue weighted by atomic mass is 35.5. The first-order chi connectivity index (χ1) is 16.5. The van der Waals surface area contributed by atoms with E-state index in [1.807, 2.05) is 11.0 Å². The third-order valence-corrected chi connectivity index (χ3v) is 6.63. The van der Waals surface area contributed by atoms with Crippen molar-refractivity contribution >= 4 is 34.4 Å². The molecular formula is C25H25ClFN5O2. The van der Waals surface area contributed by atoms with Crippen molar-refractivity contribution in [3.8, 4) is 11.4 Å². The molecule has 3 aromatic rings. The van der Waals surface area contributed by atoms with Crippen LogP contribution in [0.1, 0.15) is 25.7 Å². The quantitative estimate of drug-likeness (QED) is 0.515. The molecule has 0 spiro atoms. The lowest BCUT2D eigenvalue weighted by Crippen LogP contribution is -2.46. The summed E-state index contributed by atoms with van der Waals surface area (Å²) in [5.41, 5.74) is 4.59. The summed E-state index contributed by atoms with van der Waals surface area (Å²) < 4.78 is 15.0. The minimum Gasteiger partial charge on any atom is -0.481 e. The fourth-order valence-corrected chi connectivity index (χ4v) is 4.70. The van der Waals surface area contributed by atoms with Crippen LogP contribution >= 0.6 is 11.6 Å². The predicted octanol–water partition coefficient (Wildman–Crippen LogP) is 5.01. The summed E-state index contributed by atoms with van der Waals surface area (Å²) in [6.07, 6.45) is 8.40. The second-order valence-electron chi connectivity index (χ2n) is 8.63. The van der Waals surface area contributed by atoms with Gasteiger partial charge in [0.05, 0.1) is 11.0 Å². The molecule has 7 nitrogen and oxygen atoms in total. The van der Waals surface area contributed by atoms with Crippen LogP contribution in [0.4, 0.5) is 10.2 Å². The van der Waals surface area contributed by atoms with Crippen molar-refractivity contribution in [2.24, 2.45) is 0 Å². The molecule has 34 heavy (non-hydrogen) atoms. The fourth-order valence-electron chi connectivity index (χ4n) is 4.53. The van der Waals surface area contributed by atoms with Gasteiger partial charge >= 0.3 is 5.97 Å². The number of fused-ring (bicyclic) bond motifs is 1. The van der Waals surface area contributed by atoms with Crippen LogP contribution in [0.15, 0.2) is 53.9 Å². The Morgan fingerprint density at radius 1 is 1.12 bits per heavy atom. The zero-order valence-electron chi connectivity index (χ0n) is 18.6. The Bertz CT molecular complexity index is 1290. The van der Waals surface area contributed by atoms with Crippen molar-refractivity contribution in [1.29, 1.82) is 0 Å². The number of H-pyrrole nitrogens is 1. The Hall–Kier alpha value is -3.39. The van der Waals surface area contributed by atoms with Crippen LogP contribution in [0.25, 0.3) is 22.4 Å². The first kappa shape index (κ1) is 22.4. The number of hydrogen-bond acceptors (Lipinski definition) is 5. The number of aliphatic carboxylic acids is 1. The molecular weight excluding hydrogens is 457 g/mol. The minimum absolute atomic E-state index is 0.176. The van der Waals surface area contributed by atoms with Gasteiger partial charge in [-0.25, -0.2) is 14.4 Å². The van der Waals surface area contributed by atoms with E-state index in [0.717, 1.165) is 37.0 Å². The summed E-state index contributed by atoms with van der Waals surface area (Å²) in [5, 5.41) is 9.47. The molecule has 0 saturated carbocycles. The standard InChI is InChI=1S/C25H25ClFN5O2/c26-18-4-7-21-22(14-18)30-24(29-21)17-13-20(27)25(28-15-17)32-11-9-31(10-12-32)19-5-1-16(2-6-19)3-8-23(33)34/h1,4-5,7,13-15H,2-3,6,8-12H2,(H,29,30)(H,33,34). The topological polar surface area (TPSA) is 85.3 Å². The number of nitrogens with zero attached hydrogens (tertiary/aromatic N) is 4. The van der Waals surface area contributed by atoms with Crippen molar-refractivity contribution in [3.63, 3.8) is 0 Å². The maximum absolute atomic E-state index is 15.0. The molecule has 1 fully saturated rings. The second-order valence-corrected chi connectivity index (χ2v) is 9.06. The molecule has 0 amide bonds. The van der Waals surface area contributed by atoms with E-state index in [1.54, 1.807) is 18.3 Å². The van der Waals surface area contributed by atoms with Crippen LogP contribution in [0, 0.1) is 5.82 Å². The van der Waals surface area contributed by atoms with Gasteiger partial charge in [0.25, 0.3) is 0 Å². The molecule has 2 aromatic heterocycles. The van der Waals surface area contributed by atoms with Gasteiger partial charge in [-0.3, -0.25) is 4.79 Å². The minimum atomic E-state index is -0.761. The molecule has 1 saturated heterocycles. The molecule has 1 aromatic carbocycles. The van der Waals surface area contributed by atoms with E-state index in [0.29, 0.717) is 41.7 Å². The van der Waals surface area contributed by atoms with Crippen molar-refractivity contribution in [2.45, 2.75) is 25.7 Å². The molecule has 2 aliphatic rings. The number of piperazine rings is 1. The lowest BCUT2D eigenvalue weighted by atomic mass is 9.97. The number of halogens is 2. The van der Waals surface area contributed by atoms with Gasteiger partial charge in [0.1, 0.15) is 5.82 Å². The number of carboxylic acids is 1. The van der Waals surface area contributed by atoms with E-state index in [1.165, 1.54) is 17.3 Å². The number of allylic oxidation sites excluding steroid dienone is 4. The fraction of sp³-hybridized carbons (Fsp3) is 0.320. The van der Waals surface area contributed by atoms with Crippen LogP contribution in [-0.2, 0) is 4.79 Å². The number of anilines is 1. The number of rotatable bonds is 6. The van der Waals surface area contributed by atoms with Crippen molar-refractivity contribution in [1.82, 2.24) is 19.9 Å². The number of benzene rings is 1. The Labute approximate surface area is 201 Å². The number of hydrogen-bond donors (Lipinski definition) is 2.